The van der Waals surface area contributed by atoms with E-state index in [1.807, 2.05) is 6.92 Å². The lowest BCUT2D eigenvalue weighted by molar-refractivity contribution is -0.158. The number of ether oxygens (including phenoxy) is 1. The third kappa shape index (κ3) is 2.58. The summed E-state index contributed by atoms with van der Waals surface area (Å²) in [5.41, 5.74) is -0.986. The zero-order chi connectivity index (χ0) is 23.1. The maximum atomic E-state index is 15.9. The summed E-state index contributed by atoms with van der Waals surface area (Å²) < 4.78 is 27.2. The van der Waals surface area contributed by atoms with E-state index in [1.54, 1.807) is 17.9 Å². The third-order valence-corrected chi connectivity index (χ3v) is 6.77. The lowest BCUT2D eigenvalue weighted by Gasteiger charge is -2.55. The number of hydrogen-bond donors (Lipinski definition) is 1. The molecule has 6 rings (SSSR count). The fourth-order valence-electron chi connectivity index (χ4n) is 5.60. The molecule has 1 spiro atoms. The molecule has 2 fully saturated rings. The van der Waals surface area contributed by atoms with Gasteiger partial charge in [-0.15, -0.1) is 4.80 Å². The number of ketones is 1. The number of anilines is 1. The number of hydrogen-bond acceptors (Lipinski definition) is 9. The molecule has 0 aliphatic carbocycles. The highest BCUT2D eigenvalue weighted by molar-refractivity contribution is 6.22. The first-order valence-electron chi connectivity index (χ1n) is 10.6. The summed E-state index contributed by atoms with van der Waals surface area (Å²) in [6.07, 6.45) is 1.54. The molecule has 3 aromatic rings. The molecule has 2 aromatic heterocycles. The van der Waals surface area contributed by atoms with Crippen LogP contribution in [0.25, 0.3) is 16.8 Å². The fourth-order valence-corrected chi connectivity index (χ4v) is 5.60. The van der Waals surface area contributed by atoms with Crippen molar-refractivity contribution in [1.29, 1.82) is 0 Å². The molecule has 0 radical (unpaired) electrons. The third-order valence-electron chi connectivity index (χ3n) is 6.77. The molecule has 12 heteroatoms. The second-order valence-electron chi connectivity index (χ2n) is 8.77. The Hall–Kier alpha value is -3.67. The van der Waals surface area contributed by atoms with Gasteiger partial charge in [0.25, 0.3) is 0 Å². The number of carbonyl (C=O) groups excluding carboxylic acids is 3. The van der Waals surface area contributed by atoms with E-state index >= 15 is 4.39 Å². The first-order valence-corrected chi connectivity index (χ1v) is 10.6. The molecule has 3 aliphatic rings. The number of rotatable bonds is 1. The van der Waals surface area contributed by atoms with E-state index in [0.29, 0.717) is 10.9 Å². The smallest absolute Gasteiger partial charge is 0.242 e. The van der Waals surface area contributed by atoms with Gasteiger partial charge >= 0.3 is 0 Å². The van der Waals surface area contributed by atoms with Crippen LogP contribution >= 0.6 is 0 Å². The number of fused-ring (bicyclic) bond motifs is 5. The number of imide groups is 1. The van der Waals surface area contributed by atoms with Crippen molar-refractivity contribution >= 4 is 34.3 Å². The van der Waals surface area contributed by atoms with Crippen LogP contribution in [0.15, 0.2) is 23.0 Å². The highest BCUT2D eigenvalue weighted by Gasteiger charge is 2.62. The minimum atomic E-state index is -1.60. The SMILES string of the molecule is C[C@@H]1CN2c3c(cc4c(-n5nccn5)noc4c3F)CC3(C(=O)CC(=O)NC3=O)[C@H]2[C@H](C)O1. The van der Waals surface area contributed by atoms with E-state index in [-0.39, 0.29) is 36.2 Å². The van der Waals surface area contributed by atoms with Gasteiger partial charge in [-0.1, -0.05) is 5.16 Å². The lowest BCUT2D eigenvalue weighted by atomic mass is 9.63. The van der Waals surface area contributed by atoms with Gasteiger partial charge in [0.15, 0.2) is 11.6 Å². The van der Waals surface area contributed by atoms with Gasteiger partial charge in [0.1, 0.15) is 5.41 Å². The predicted molar refractivity (Wildman–Crippen MR) is 109 cm³/mol. The summed E-state index contributed by atoms with van der Waals surface area (Å²) in [7, 11) is 0. The molecule has 5 heterocycles. The first-order chi connectivity index (χ1) is 15.8. The highest BCUT2D eigenvalue weighted by Crippen LogP contribution is 2.50. The molecule has 2 saturated heterocycles. The van der Waals surface area contributed by atoms with Crippen LogP contribution in [0.1, 0.15) is 25.8 Å². The van der Waals surface area contributed by atoms with E-state index in [0.717, 1.165) is 0 Å². The van der Waals surface area contributed by atoms with E-state index in [4.69, 9.17) is 9.26 Å². The number of nitrogens with zero attached hydrogens (tertiary/aromatic N) is 5. The average Bonchev–Trinajstić information content (AvgIpc) is 3.41. The summed E-state index contributed by atoms with van der Waals surface area (Å²) in [4.78, 5) is 41.4. The molecule has 33 heavy (non-hydrogen) atoms. The van der Waals surface area contributed by atoms with Gasteiger partial charge in [-0.25, -0.2) is 4.39 Å². The predicted octanol–water partition coefficient (Wildman–Crippen LogP) is 0.688. The number of Topliss-reactive ketones (excluding diaryl/α,β-unsaturated/α-hetero) is 1. The van der Waals surface area contributed by atoms with Gasteiger partial charge in [-0.05, 0) is 31.9 Å². The van der Waals surface area contributed by atoms with Crippen LogP contribution in [-0.4, -0.2) is 62.5 Å². The van der Waals surface area contributed by atoms with Crippen LogP contribution < -0.4 is 10.2 Å². The Balaban J connectivity index is 1.61. The van der Waals surface area contributed by atoms with E-state index in [1.165, 1.54) is 17.2 Å². The topological polar surface area (TPSA) is 132 Å². The van der Waals surface area contributed by atoms with Crippen LogP contribution in [0.3, 0.4) is 0 Å². The Kier molecular flexibility index (Phi) is 4.04. The number of benzene rings is 1. The Morgan fingerprint density at radius 2 is 1.97 bits per heavy atom. The molecule has 1 unspecified atom stereocenters. The first kappa shape index (κ1) is 20.0. The van der Waals surface area contributed by atoms with Gasteiger partial charge in [0, 0.05) is 6.54 Å². The van der Waals surface area contributed by atoms with Gasteiger partial charge in [0.2, 0.25) is 23.2 Å². The molecule has 4 atom stereocenters. The van der Waals surface area contributed by atoms with Gasteiger partial charge in [-0.3, -0.25) is 19.7 Å². The molecular weight excluding hydrogens is 435 g/mol. The summed E-state index contributed by atoms with van der Waals surface area (Å²) >= 11 is 0. The van der Waals surface area contributed by atoms with E-state index in [2.05, 4.69) is 20.7 Å². The average molecular weight is 454 g/mol. The van der Waals surface area contributed by atoms with Crippen LogP contribution in [0, 0.1) is 11.2 Å². The Morgan fingerprint density at radius 1 is 1.21 bits per heavy atom. The van der Waals surface area contributed by atoms with Crippen molar-refractivity contribution in [1.82, 2.24) is 25.5 Å². The Bertz CT molecular complexity index is 1310. The number of piperidine rings is 1. The van der Waals surface area contributed by atoms with Crippen molar-refractivity contribution in [3.05, 3.63) is 29.8 Å². The van der Waals surface area contributed by atoms with Crippen LogP contribution in [0.4, 0.5) is 10.1 Å². The molecule has 1 aromatic carbocycles. The van der Waals surface area contributed by atoms with Gasteiger partial charge in [-0.2, -0.15) is 10.2 Å². The molecule has 0 bridgehead atoms. The Labute approximate surface area is 185 Å². The molecule has 1 N–H and O–H groups in total. The zero-order valence-electron chi connectivity index (χ0n) is 17.7. The maximum Gasteiger partial charge on any atom is 0.242 e. The van der Waals surface area contributed by atoms with Crippen molar-refractivity contribution in [3.63, 3.8) is 0 Å². The normalized spacial score (nSPS) is 29.4. The minimum Gasteiger partial charge on any atom is -0.372 e. The summed E-state index contributed by atoms with van der Waals surface area (Å²) in [5, 5.41) is 14.6. The number of halogens is 1. The zero-order valence-corrected chi connectivity index (χ0v) is 17.7. The van der Waals surface area contributed by atoms with Crippen molar-refractivity contribution in [2.75, 3.05) is 11.4 Å². The van der Waals surface area contributed by atoms with Crippen molar-refractivity contribution in [2.24, 2.45) is 5.41 Å². The second kappa shape index (κ2) is 6.67. The highest BCUT2D eigenvalue weighted by atomic mass is 19.1. The molecule has 3 aliphatic heterocycles. The summed E-state index contributed by atoms with van der Waals surface area (Å²) in [6, 6.07) is 0.867. The van der Waals surface area contributed by atoms with Crippen molar-refractivity contribution in [2.45, 2.75) is 44.9 Å². The lowest BCUT2D eigenvalue weighted by Crippen LogP contribution is -2.72. The van der Waals surface area contributed by atoms with Crippen LogP contribution in [-0.2, 0) is 25.5 Å². The number of nitrogens with one attached hydrogen (secondary N) is 1. The monoisotopic (exact) mass is 454 g/mol. The molecule has 2 amide bonds. The van der Waals surface area contributed by atoms with E-state index < -0.39 is 47.4 Å². The van der Waals surface area contributed by atoms with Crippen molar-refractivity contribution in [3.8, 4) is 5.82 Å². The van der Waals surface area contributed by atoms with Crippen LogP contribution in [0.2, 0.25) is 0 Å². The second-order valence-corrected chi connectivity index (χ2v) is 8.77. The summed E-state index contributed by atoms with van der Waals surface area (Å²) in [5.74, 6) is -2.28. The van der Waals surface area contributed by atoms with E-state index in [9.17, 15) is 14.4 Å². The summed E-state index contributed by atoms with van der Waals surface area (Å²) in [6.45, 7) is 3.85. The number of amides is 2. The quantitative estimate of drug-likeness (QED) is 0.416. The number of aromatic nitrogens is 4. The Morgan fingerprint density at radius 3 is 2.70 bits per heavy atom. The maximum absolute atomic E-state index is 15.9. The number of carbonyl (C=O) groups is 3. The van der Waals surface area contributed by atoms with Gasteiger partial charge in [0.05, 0.1) is 48.1 Å². The standard InChI is InChI=1S/C21H19FN6O5/c1-9-8-27-16-11(5-12-17(15(16)22)33-26-19(12)28-23-3-4-24-28)7-21(18(27)10(2)32-9)13(29)6-14(30)25-20(21)31/h3-5,9-10,18H,6-8H2,1-2H3,(H,25,30,31)/t9-,10+,18-,21?/m1/s1. The minimum absolute atomic E-state index is 0.0721. The number of morpholine rings is 1. The molecule has 170 valence electrons. The molecular formula is C21H19FN6O5. The van der Waals surface area contributed by atoms with Gasteiger partial charge < -0.3 is 14.2 Å². The fraction of sp³-hybridized carbons (Fsp3) is 0.429. The largest absolute Gasteiger partial charge is 0.372 e. The molecule has 11 nitrogen and oxygen atoms in total. The van der Waals surface area contributed by atoms with Crippen LogP contribution in [0.5, 0.6) is 0 Å². The van der Waals surface area contributed by atoms with Crippen molar-refractivity contribution < 1.29 is 28.0 Å². The molecule has 0 saturated carbocycles.